The van der Waals surface area contributed by atoms with Crippen LogP contribution in [0.5, 0.6) is 0 Å². The summed E-state index contributed by atoms with van der Waals surface area (Å²) in [6, 6.07) is 0. The molecule has 0 radical (unpaired) electrons. The summed E-state index contributed by atoms with van der Waals surface area (Å²) in [7, 11) is 0. The number of aliphatic carboxylic acids is 1. The molecule has 0 rings (SSSR count). The lowest BCUT2D eigenvalue weighted by atomic mass is 10.2. The summed E-state index contributed by atoms with van der Waals surface area (Å²) in [5.74, 6) is -0.315. The zero-order chi connectivity index (χ0) is 9.56. The summed E-state index contributed by atoms with van der Waals surface area (Å²) in [4.78, 5) is 10.5. The van der Waals surface area contributed by atoms with Crippen molar-refractivity contribution in [3.63, 3.8) is 0 Å². The highest BCUT2D eigenvalue weighted by molar-refractivity contribution is 5.89. The van der Waals surface area contributed by atoms with Crippen molar-refractivity contribution in [1.82, 2.24) is 0 Å². The van der Waals surface area contributed by atoms with E-state index in [1.807, 2.05) is 6.92 Å². The molecule has 0 amide bonds. The molecular weight excluding hydrogens is 156 g/mol. The predicted octanol–water partition coefficient (Wildman–Crippen LogP) is 1.96. The van der Waals surface area contributed by atoms with Crippen LogP contribution in [0.4, 0.5) is 0 Å². The Hall–Kier alpha value is -1.25. The monoisotopic (exact) mass is 170 g/mol. The first-order chi connectivity index (χ1) is 5.61. The summed E-state index contributed by atoms with van der Waals surface area (Å²) < 4.78 is 5.08. The van der Waals surface area contributed by atoms with Crippen molar-refractivity contribution in [3.8, 4) is 0 Å². The van der Waals surface area contributed by atoms with Crippen LogP contribution in [0, 0.1) is 0 Å². The van der Waals surface area contributed by atoms with Gasteiger partial charge < -0.3 is 9.84 Å². The Kier molecular flexibility index (Phi) is 4.84. The molecule has 12 heavy (non-hydrogen) atoms. The van der Waals surface area contributed by atoms with Crippen molar-refractivity contribution >= 4 is 5.97 Å². The highest BCUT2D eigenvalue weighted by Crippen LogP contribution is 2.03. The van der Waals surface area contributed by atoms with Crippen LogP contribution in [0.1, 0.15) is 20.8 Å². The Labute approximate surface area is 72.3 Å². The average Bonchev–Trinajstić information content (AvgIpc) is 2.00. The molecule has 0 aromatic carbocycles. The van der Waals surface area contributed by atoms with Gasteiger partial charge in [-0.05, 0) is 26.8 Å². The molecule has 3 heteroatoms. The summed E-state index contributed by atoms with van der Waals surface area (Å²) >= 11 is 0. The Balaban J connectivity index is 4.38. The molecule has 0 bridgehead atoms. The number of ether oxygens (including phenoxy) is 1. The quantitative estimate of drug-likeness (QED) is 0.398. The van der Waals surface area contributed by atoms with Gasteiger partial charge >= 0.3 is 5.97 Å². The average molecular weight is 170 g/mol. The van der Waals surface area contributed by atoms with Gasteiger partial charge in [-0.25, -0.2) is 4.79 Å². The number of carboxylic acid groups (broad SMARTS) is 1. The molecule has 0 fully saturated rings. The van der Waals surface area contributed by atoms with Crippen molar-refractivity contribution in [3.05, 3.63) is 23.5 Å². The second-order valence-corrected chi connectivity index (χ2v) is 2.24. The van der Waals surface area contributed by atoms with Crippen LogP contribution < -0.4 is 0 Å². The third kappa shape index (κ3) is 3.81. The normalized spacial score (nSPS) is 12.9. The molecule has 68 valence electrons. The van der Waals surface area contributed by atoms with Gasteiger partial charge in [0.15, 0.2) is 0 Å². The van der Waals surface area contributed by atoms with Gasteiger partial charge in [0, 0.05) is 0 Å². The molecule has 0 saturated heterocycles. The van der Waals surface area contributed by atoms with Crippen LogP contribution in [-0.2, 0) is 9.53 Å². The smallest absolute Gasteiger partial charge is 0.335 e. The van der Waals surface area contributed by atoms with Gasteiger partial charge in [0.1, 0.15) is 0 Å². The second kappa shape index (κ2) is 5.41. The molecule has 0 aliphatic heterocycles. The molecule has 0 atom stereocenters. The van der Waals surface area contributed by atoms with E-state index in [2.05, 4.69) is 0 Å². The number of allylic oxidation sites excluding steroid dienone is 2. The van der Waals surface area contributed by atoms with Crippen molar-refractivity contribution in [1.29, 1.82) is 0 Å². The molecular formula is C9H14O3. The minimum absolute atomic E-state index is 0.251. The maximum absolute atomic E-state index is 10.5. The van der Waals surface area contributed by atoms with Gasteiger partial charge in [-0.15, -0.1) is 0 Å². The van der Waals surface area contributed by atoms with E-state index < -0.39 is 5.97 Å². The number of rotatable bonds is 4. The maximum Gasteiger partial charge on any atom is 0.335 e. The fraction of sp³-hybridized carbons (Fsp3) is 0.444. The molecule has 0 aliphatic carbocycles. The number of carbonyl (C=O) groups is 1. The third-order valence-corrected chi connectivity index (χ3v) is 1.29. The van der Waals surface area contributed by atoms with Crippen LogP contribution in [0.25, 0.3) is 0 Å². The van der Waals surface area contributed by atoms with E-state index >= 15 is 0 Å². The number of carboxylic acids is 1. The van der Waals surface area contributed by atoms with E-state index in [0.717, 1.165) is 0 Å². The Bertz CT molecular complexity index is 214. The highest BCUT2D eigenvalue weighted by Gasteiger charge is 2.02. The largest absolute Gasteiger partial charge is 0.499 e. The zero-order valence-corrected chi connectivity index (χ0v) is 7.63. The standard InChI is InChI=1S/C9H14O3/c1-4-8(9(10)11)6-7(3)12-5-2/h4,6H,5H2,1-3H3,(H,10,11). The van der Waals surface area contributed by atoms with Crippen LogP contribution in [-0.4, -0.2) is 17.7 Å². The van der Waals surface area contributed by atoms with E-state index in [4.69, 9.17) is 9.84 Å². The van der Waals surface area contributed by atoms with Crippen molar-refractivity contribution in [2.45, 2.75) is 20.8 Å². The summed E-state index contributed by atoms with van der Waals surface area (Å²) in [6.07, 6.45) is 3.04. The molecule has 0 aromatic rings. The fourth-order valence-electron chi connectivity index (χ4n) is 0.757. The highest BCUT2D eigenvalue weighted by atomic mass is 16.5. The lowest BCUT2D eigenvalue weighted by Crippen LogP contribution is -1.98. The lowest BCUT2D eigenvalue weighted by molar-refractivity contribution is -0.132. The maximum atomic E-state index is 10.5. The molecule has 0 aliphatic rings. The van der Waals surface area contributed by atoms with E-state index in [0.29, 0.717) is 12.4 Å². The summed E-state index contributed by atoms with van der Waals surface area (Å²) in [5, 5.41) is 8.62. The van der Waals surface area contributed by atoms with Gasteiger partial charge in [0.2, 0.25) is 0 Å². The van der Waals surface area contributed by atoms with Crippen LogP contribution in [0.2, 0.25) is 0 Å². The topological polar surface area (TPSA) is 46.5 Å². The third-order valence-electron chi connectivity index (χ3n) is 1.29. The van der Waals surface area contributed by atoms with Crippen molar-refractivity contribution < 1.29 is 14.6 Å². The van der Waals surface area contributed by atoms with Gasteiger partial charge in [0.25, 0.3) is 0 Å². The minimum atomic E-state index is -0.934. The fourth-order valence-corrected chi connectivity index (χ4v) is 0.757. The Morgan fingerprint density at radius 3 is 2.50 bits per heavy atom. The summed E-state index contributed by atoms with van der Waals surface area (Å²) in [5.41, 5.74) is 0.251. The van der Waals surface area contributed by atoms with Crippen LogP contribution in [0.3, 0.4) is 0 Å². The number of hydrogen-bond acceptors (Lipinski definition) is 2. The number of hydrogen-bond donors (Lipinski definition) is 1. The van der Waals surface area contributed by atoms with Crippen LogP contribution in [0.15, 0.2) is 23.5 Å². The van der Waals surface area contributed by atoms with Gasteiger partial charge in [-0.2, -0.15) is 0 Å². The minimum Gasteiger partial charge on any atom is -0.499 e. The van der Waals surface area contributed by atoms with Crippen molar-refractivity contribution in [2.24, 2.45) is 0 Å². The van der Waals surface area contributed by atoms with E-state index in [9.17, 15) is 4.79 Å². The molecule has 0 saturated carbocycles. The van der Waals surface area contributed by atoms with Gasteiger partial charge in [0.05, 0.1) is 17.9 Å². The SMILES string of the molecule is CC=C(C=C(C)OCC)C(=O)O. The van der Waals surface area contributed by atoms with E-state index in [-0.39, 0.29) is 5.57 Å². The second-order valence-electron chi connectivity index (χ2n) is 2.24. The summed E-state index contributed by atoms with van der Waals surface area (Å²) in [6.45, 7) is 5.82. The van der Waals surface area contributed by atoms with Gasteiger partial charge in [-0.1, -0.05) is 6.08 Å². The first kappa shape index (κ1) is 10.8. The molecule has 0 heterocycles. The van der Waals surface area contributed by atoms with Gasteiger partial charge in [-0.3, -0.25) is 0 Å². The van der Waals surface area contributed by atoms with E-state index in [1.54, 1.807) is 13.8 Å². The molecule has 1 N–H and O–H groups in total. The molecule has 3 nitrogen and oxygen atoms in total. The molecule has 0 unspecified atom stereocenters. The van der Waals surface area contributed by atoms with Crippen LogP contribution >= 0.6 is 0 Å². The predicted molar refractivity (Wildman–Crippen MR) is 46.8 cm³/mol. The Morgan fingerprint density at radius 2 is 2.17 bits per heavy atom. The zero-order valence-electron chi connectivity index (χ0n) is 7.63. The molecule has 0 spiro atoms. The van der Waals surface area contributed by atoms with E-state index in [1.165, 1.54) is 12.2 Å². The first-order valence-corrected chi connectivity index (χ1v) is 3.82. The Morgan fingerprint density at radius 1 is 1.58 bits per heavy atom. The lowest BCUT2D eigenvalue weighted by Gasteiger charge is -2.01. The first-order valence-electron chi connectivity index (χ1n) is 3.82. The molecule has 0 aromatic heterocycles. The van der Waals surface area contributed by atoms with Crippen molar-refractivity contribution in [2.75, 3.05) is 6.61 Å².